The van der Waals surface area contributed by atoms with E-state index in [0.717, 1.165) is 18.7 Å². The van der Waals surface area contributed by atoms with Crippen molar-refractivity contribution in [2.45, 2.75) is 31.2 Å². The molecule has 80 valence electrons. The monoisotopic (exact) mass is 206 g/mol. The molecule has 15 heavy (non-hydrogen) atoms. The van der Waals surface area contributed by atoms with Crippen molar-refractivity contribution in [2.75, 3.05) is 17.7 Å². The van der Waals surface area contributed by atoms with E-state index in [1.54, 1.807) is 6.20 Å². The van der Waals surface area contributed by atoms with Crippen LogP contribution in [0.4, 0.5) is 11.8 Å². The predicted molar refractivity (Wildman–Crippen MR) is 56.8 cm³/mol. The van der Waals surface area contributed by atoms with Crippen molar-refractivity contribution in [1.29, 1.82) is 0 Å². The van der Waals surface area contributed by atoms with Gasteiger partial charge in [0.2, 0.25) is 5.95 Å². The van der Waals surface area contributed by atoms with Crippen molar-refractivity contribution in [1.82, 2.24) is 9.97 Å². The van der Waals surface area contributed by atoms with E-state index >= 15 is 0 Å². The van der Waals surface area contributed by atoms with Crippen LogP contribution in [-0.2, 0) is 0 Å². The van der Waals surface area contributed by atoms with Crippen LogP contribution in [0.25, 0.3) is 0 Å². The zero-order valence-electron chi connectivity index (χ0n) is 8.49. The Morgan fingerprint density at radius 3 is 3.00 bits per heavy atom. The Morgan fingerprint density at radius 1 is 1.40 bits per heavy atom. The summed E-state index contributed by atoms with van der Waals surface area (Å²) in [5.41, 5.74) is 5.64. The fourth-order valence-electron chi connectivity index (χ4n) is 2.40. The first-order valence-electron chi connectivity index (χ1n) is 5.31. The Kier molecular flexibility index (Phi) is 1.74. The van der Waals surface area contributed by atoms with Crippen molar-refractivity contribution in [3.63, 3.8) is 0 Å². The number of nitrogens with one attached hydrogen (secondary N) is 1. The van der Waals surface area contributed by atoms with E-state index < -0.39 is 0 Å². The van der Waals surface area contributed by atoms with Gasteiger partial charge in [0.1, 0.15) is 6.61 Å². The first-order valence-corrected chi connectivity index (χ1v) is 5.31. The Balaban J connectivity index is 1.94. The van der Waals surface area contributed by atoms with Crippen molar-refractivity contribution in [2.24, 2.45) is 0 Å². The van der Waals surface area contributed by atoms with Crippen LogP contribution in [0.3, 0.4) is 0 Å². The zero-order valence-corrected chi connectivity index (χ0v) is 8.49. The summed E-state index contributed by atoms with van der Waals surface area (Å²) in [4.78, 5) is 8.07. The smallest absolute Gasteiger partial charge is 0.222 e. The molecular weight excluding hydrogens is 192 g/mol. The fourth-order valence-corrected chi connectivity index (χ4v) is 2.40. The molecule has 0 unspecified atom stereocenters. The average molecular weight is 206 g/mol. The number of nitrogens with two attached hydrogens (primary N) is 1. The molecule has 1 fully saturated rings. The topological polar surface area (TPSA) is 73.1 Å². The maximum absolute atomic E-state index is 5.67. The number of nitrogens with zero attached hydrogens (tertiary/aromatic N) is 2. The van der Waals surface area contributed by atoms with Crippen LogP contribution in [-0.4, -0.2) is 22.1 Å². The average Bonchev–Trinajstić information content (AvgIpc) is 2.66. The molecule has 5 heteroatoms. The van der Waals surface area contributed by atoms with Gasteiger partial charge in [0, 0.05) is 0 Å². The van der Waals surface area contributed by atoms with Crippen LogP contribution in [0.1, 0.15) is 25.7 Å². The van der Waals surface area contributed by atoms with E-state index in [9.17, 15) is 0 Å². The Morgan fingerprint density at radius 2 is 2.20 bits per heavy atom. The van der Waals surface area contributed by atoms with Gasteiger partial charge in [0.15, 0.2) is 11.6 Å². The molecule has 1 aromatic heterocycles. The van der Waals surface area contributed by atoms with Gasteiger partial charge < -0.3 is 15.8 Å². The molecule has 3 rings (SSSR count). The second-order valence-electron chi connectivity index (χ2n) is 4.34. The first kappa shape index (κ1) is 8.76. The van der Waals surface area contributed by atoms with Gasteiger partial charge in [-0.05, 0) is 12.8 Å². The highest BCUT2D eigenvalue weighted by molar-refractivity contribution is 5.55. The van der Waals surface area contributed by atoms with Gasteiger partial charge in [-0.1, -0.05) is 12.8 Å². The van der Waals surface area contributed by atoms with Gasteiger partial charge in [-0.25, -0.2) is 4.98 Å². The van der Waals surface area contributed by atoms with Gasteiger partial charge in [0.05, 0.1) is 11.7 Å². The van der Waals surface area contributed by atoms with Crippen molar-refractivity contribution < 1.29 is 4.74 Å². The van der Waals surface area contributed by atoms with Crippen LogP contribution < -0.4 is 15.8 Å². The second kappa shape index (κ2) is 2.98. The Bertz CT molecular complexity index is 387. The largest absolute Gasteiger partial charge is 0.486 e. The third kappa shape index (κ3) is 1.38. The van der Waals surface area contributed by atoms with Crippen molar-refractivity contribution in [3.05, 3.63) is 6.20 Å². The van der Waals surface area contributed by atoms with Gasteiger partial charge in [-0.2, -0.15) is 4.98 Å². The molecule has 0 atom stereocenters. The maximum atomic E-state index is 5.67. The summed E-state index contributed by atoms with van der Waals surface area (Å²) >= 11 is 0. The van der Waals surface area contributed by atoms with Crippen molar-refractivity contribution in [3.8, 4) is 5.75 Å². The van der Waals surface area contributed by atoms with Crippen LogP contribution in [0.15, 0.2) is 6.20 Å². The van der Waals surface area contributed by atoms with Crippen LogP contribution in [0.5, 0.6) is 5.75 Å². The van der Waals surface area contributed by atoms with E-state index in [1.807, 2.05) is 0 Å². The molecule has 2 heterocycles. The molecule has 0 aromatic carbocycles. The number of fused-ring (bicyclic) bond motifs is 1. The van der Waals surface area contributed by atoms with Gasteiger partial charge in [0.25, 0.3) is 0 Å². The number of hydrogen-bond donors (Lipinski definition) is 2. The number of rotatable bonds is 0. The summed E-state index contributed by atoms with van der Waals surface area (Å²) < 4.78 is 5.67. The van der Waals surface area contributed by atoms with E-state index in [-0.39, 0.29) is 5.54 Å². The minimum atomic E-state index is 0.0911. The number of anilines is 2. The zero-order chi connectivity index (χ0) is 10.3. The molecule has 0 radical (unpaired) electrons. The van der Waals surface area contributed by atoms with E-state index in [1.165, 1.54) is 12.8 Å². The molecule has 3 N–H and O–H groups in total. The van der Waals surface area contributed by atoms with E-state index in [4.69, 9.17) is 10.5 Å². The highest BCUT2D eigenvalue weighted by Crippen LogP contribution is 2.39. The standard InChI is InChI=1S/C10H14N4O/c11-9-12-5-7-8(13-9)14-10(6-15-7)3-1-2-4-10/h5H,1-4,6H2,(H3,11,12,13,14). The Labute approximate surface area is 88.1 Å². The number of ether oxygens (including phenoxy) is 1. The highest BCUT2D eigenvalue weighted by Gasteiger charge is 2.38. The van der Waals surface area contributed by atoms with Gasteiger partial charge >= 0.3 is 0 Å². The summed E-state index contributed by atoms with van der Waals surface area (Å²) in [6, 6.07) is 0. The summed E-state index contributed by atoms with van der Waals surface area (Å²) in [7, 11) is 0. The van der Waals surface area contributed by atoms with Crippen molar-refractivity contribution >= 4 is 11.8 Å². The summed E-state index contributed by atoms with van der Waals surface area (Å²) in [5, 5.41) is 3.46. The van der Waals surface area contributed by atoms with Crippen LogP contribution >= 0.6 is 0 Å². The SMILES string of the molecule is Nc1ncc2c(n1)NC1(CCCC1)CO2. The number of nitrogen functional groups attached to an aromatic ring is 1. The van der Waals surface area contributed by atoms with E-state index in [2.05, 4.69) is 15.3 Å². The van der Waals surface area contributed by atoms with Gasteiger partial charge in [-0.15, -0.1) is 0 Å². The lowest BCUT2D eigenvalue weighted by molar-refractivity contribution is 0.218. The third-order valence-corrected chi connectivity index (χ3v) is 3.22. The molecule has 1 aliphatic heterocycles. The third-order valence-electron chi connectivity index (χ3n) is 3.22. The minimum Gasteiger partial charge on any atom is -0.486 e. The lowest BCUT2D eigenvalue weighted by Gasteiger charge is -2.35. The molecule has 1 spiro atoms. The summed E-state index contributed by atoms with van der Waals surface area (Å²) in [6.45, 7) is 0.716. The lowest BCUT2D eigenvalue weighted by atomic mass is 9.98. The molecule has 1 aliphatic carbocycles. The summed E-state index contributed by atoms with van der Waals surface area (Å²) in [5.74, 6) is 1.75. The normalized spacial score (nSPS) is 21.9. The molecule has 1 aromatic rings. The first-order chi connectivity index (χ1) is 7.27. The quantitative estimate of drug-likeness (QED) is 0.666. The molecule has 0 bridgehead atoms. The summed E-state index contributed by atoms with van der Waals surface area (Å²) in [6.07, 6.45) is 6.44. The maximum Gasteiger partial charge on any atom is 0.222 e. The van der Waals surface area contributed by atoms with Crippen LogP contribution in [0.2, 0.25) is 0 Å². The number of aromatic nitrogens is 2. The number of hydrogen-bond acceptors (Lipinski definition) is 5. The second-order valence-corrected chi connectivity index (χ2v) is 4.34. The molecule has 0 amide bonds. The molecule has 5 nitrogen and oxygen atoms in total. The van der Waals surface area contributed by atoms with Crippen LogP contribution in [0, 0.1) is 0 Å². The van der Waals surface area contributed by atoms with Gasteiger partial charge in [-0.3, -0.25) is 0 Å². The lowest BCUT2D eigenvalue weighted by Crippen LogP contribution is -2.44. The minimum absolute atomic E-state index is 0.0911. The highest BCUT2D eigenvalue weighted by atomic mass is 16.5. The molecule has 1 saturated carbocycles. The van der Waals surface area contributed by atoms with E-state index in [0.29, 0.717) is 18.3 Å². The molecular formula is C10H14N4O. The fraction of sp³-hybridized carbons (Fsp3) is 0.600. The molecule has 2 aliphatic rings. The predicted octanol–water partition coefficient (Wildman–Crippen LogP) is 1.18. The Hall–Kier alpha value is -1.52. The molecule has 0 saturated heterocycles.